The van der Waals surface area contributed by atoms with Gasteiger partial charge < -0.3 is 14.4 Å². The SMILES string of the molecule is CCOC(=O)C1CCN(C(=O)c2cc(-c3ccccc3F)nn2-c2ccc(OC)cc2)CC1. The summed E-state index contributed by atoms with van der Waals surface area (Å²) in [6, 6.07) is 15.1. The lowest BCUT2D eigenvalue weighted by Crippen LogP contribution is -2.41. The van der Waals surface area contributed by atoms with Gasteiger partial charge in [0.15, 0.2) is 0 Å². The van der Waals surface area contributed by atoms with Gasteiger partial charge in [-0.25, -0.2) is 9.07 Å². The number of esters is 1. The molecule has 33 heavy (non-hydrogen) atoms. The van der Waals surface area contributed by atoms with Gasteiger partial charge in [0.25, 0.3) is 5.91 Å². The Morgan fingerprint density at radius 1 is 1.09 bits per heavy atom. The highest BCUT2D eigenvalue weighted by atomic mass is 19.1. The quantitative estimate of drug-likeness (QED) is 0.528. The number of hydrogen-bond donors (Lipinski definition) is 0. The van der Waals surface area contributed by atoms with Gasteiger partial charge in [0, 0.05) is 18.7 Å². The number of amides is 1. The molecule has 3 aromatic rings. The first kappa shape index (κ1) is 22.5. The van der Waals surface area contributed by atoms with E-state index in [9.17, 15) is 14.0 Å². The third kappa shape index (κ3) is 4.74. The monoisotopic (exact) mass is 451 g/mol. The van der Waals surface area contributed by atoms with E-state index in [0.29, 0.717) is 60.9 Å². The Bertz CT molecular complexity index is 1130. The van der Waals surface area contributed by atoms with Crippen molar-refractivity contribution in [1.82, 2.24) is 14.7 Å². The lowest BCUT2D eigenvalue weighted by Gasteiger charge is -2.30. The van der Waals surface area contributed by atoms with Crippen LogP contribution in [0.2, 0.25) is 0 Å². The number of halogens is 1. The molecule has 0 atom stereocenters. The van der Waals surface area contributed by atoms with Crippen molar-refractivity contribution in [3.63, 3.8) is 0 Å². The van der Waals surface area contributed by atoms with Crippen LogP contribution in [-0.2, 0) is 9.53 Å². The van der Waals surface area contributed by atoms with Gasteiger partial charge in [0.2, 0.25) is 0 Å². The van der Waals surface area contributed by atoms with E-state index in [1.165, 1.54) is 10.7 Å². The molecule has 1 fully saturated rings. The Balaban J connectivity index is 1.65. The summed E-state index contributed by atoms with van der Waals surface area (Å²) in [4.78, 5) is 27.2. The number of carbonyl (C=O) groups excluding carboxylic acids is 2. The van der Waals surface area contributed by atoms with Crippen molar-refractivity contribution in [2.24, 2.45) is 5.92 Å². The minimum Gasteiger partial charge on any atom is -0.497 e. The summed E-state index contributed by atoms with van der Waals surface area (Å²) < 4.78 is 26.3. The van der Waals surface area contributed by atoms with Crippen molar-refractivity contribution >= 4 is 11.9 Å². The minimum absolute atomic E-state index is 0.200. The number of rotatable bonds is 6. The highest BCUT2D eigenvalue weighted by Gasteiger charge is 2.30. The van der Waals surface area contributed by atoms with Gasteiger partial charge in [-0.1, -0.05) is 12.1 Å². The van der Waals surface area contributed by atoms with Gasteiger partial charge in [-0.2, -0.15) is 5.10 Å². The third-order valence-corrected chi connectivity index (χ3v) is 5.80. The maximum Gasteiger partial charge on any atom is 0.309 e. The summed E-state index contributed by atoms with van der Waals surface area (Å²) in [7, 11) is 1.58. The zero-order valence-corrected chi connectivity index (χ0v) is 18.7. The van der Waals surface area contributed by atoms with Gasteiger partial charge in [-0.15, -0.1) is 0 Å². The molecule has 1 saturated heterocycles. The Hall–Kier alpha value is -3.68. The van der Waals surface area contributed by atoms with Crippen LogP contribution in [0.25, 0.3) is 16.9 Å². The summed E-state index contributed by atoms with van der Waals surface area (Å²) in [6.45, 7) is 3.00. The standard InChI is InChI=1S/C25H26FN3O4/c1-3-33-25(31)17-12-14-28(15-13-17)24(30)23-16-22(20-6-4-5-7-21(20)26)27-29(23)18-8-10-19(32-2)11-9-18/h4-11,16-17H,3,12-15H2,1-2H3. The number of hydrogen-bond acceptors (Lipinski definition) is 5. The molecule has 8 heteroatoms. The second kappa shape index (κ2) is 9.85. The van der Waals surface area contributed by atoms with E-state index >= 15 is 0 Å². The predicted molar refractivity (Wildman–Crippen MR) is 121 cm³/mol. The largest absolute Gasteiger partial charge is 0.497 e. The molecule has 7 nitrogen and oxygen atoms in total. The maximum absolute atomic E-state index is 14.4. The number of piperidine rings is 1. The number of aromatic nitrogens is 2. The fraction of sp³-hybridized carbons (Fsp3) is 0.320. The topological polar surface area (TPSA) is 73.7 Å². The minimum atomic E-state index is -0.411. The second-order valence-corrected chi connectivity index (χ2v) is 7.82. The summed E-state index contributed by atoms with van der Waals surface area (Å²) in [6.07, 6.45) is 1.09. The number of likely N-dealkylation sites (tertiary alicyclic amines) is 1. The molecule has 2 heterocycles. The zero-order valence-electron chi connectivity index (χ0n) is 18.7. The lowest BCUT2D eigenvalue weighted by molar-refractivity contribution is -0.149. The van der Waals surface area contributed by atoms with E-state index in [4.69, 9.17) is 9.47 Å². The highest BCUT2D eigenvalue weighted by molar-refractivity contribution is 5.94. The number of carbonyl (C=O) groups is 2. The molecule has 1 amide bonds. The number of benzene rings is 2. The average molecular weight is 451 g/mol. The van der Waals surface area contributed by atoms with Crippen molar-refractivity contribution in [3.8, 4) is 22.7 Å². The maximum atomic E-state index is 14.4. The number of nitrogens with zero attached hydrogens (tertiary/aromatic N) is 3. The van der Waals surface area contributed by atoms with Crippen LogP contribution in [0.15, 0.2) is 54.6 Å². The van der Waals surface area contributed by atoms with Crippen LogP contribution in [0.4, 0.5) is 4.39 Å². The molecule has 0 radical (unpaired) electrons. The van der Waals surface area contributed by atoms with Crippen LogP contribution in [-0.4, -0.2) is 53.4 Å². The Labute approximate surface area is 191 Å². The zero-order chi connectivity index (χ0) is 23.4. The van der Waals surface area contributed by atoms with E-state index in [-0.39, 0.29) is 17.8 Å². The van der Waals surface area contributed by atoms with Crippen molar-refractivity contribution in [1.29, 1.82) is 0 Å². The molecule has 172 valence electrons. The summed E-state index contributed by atoms with van der Waals surface area (Å²) >= 11 is 0. The van der Waals surface area contributed by atoms with Gasteiger partial charge >= 0.3 is 5.97 Å². The van der Waals surface area contributed by atoms with Crippen LogP contribution in [0.5, 0.6) is 5.75 Å². The van der Waals surface area contributed by atoms with Crippen LogP contribution in [0.1, 0.15) is 30.3 Å². The second-order valence-electron chi connectivity index (χ2n) is 7.82. The molecule has 1 aromatic heterocycles. The Morgan fingerprint density at radius 2 is 1.79 bits per heavy atom. The van der Waals surface area contributed by atoms with Gasteiger partial charge in [-0.3, -0.25) is 9.59 Å². The number of methoxy groups -OCH3 is 1. The van der Waals surface area contributed by atoms with Crippen LogP contribution >= 0.6 is 0 Å². The van der Waals surface area contributed by atoms with Crippen LogP contribution < -0.4 is 4.74 Å². The molecule has 0 N–H and O–H groups in total. The fourth-order valence-corrected chi connectivity index (χ4v) is 3.99. The smallest absolute Gasteiger partial charge is 0.309 e. The van der Waals surface area contributed by atoms with E-state index in [2.05, 4.69) is 5.10 Å². The van der Waals surface area contributed by atoms with Gasteiger partial charge in [-0.05, 0) is 62.2 Å². The first-order chi connectivity index (χ1) is 16.0. The number of ether oxygens (including phenoxy) is 2. The fourth-order valence-electron chi connectivity index (χ4n) is 3.99. The summed E-state index contributed by atoms with van der Waals surface area (Å²) in [5.41, 5.74) is 1.67. The normalized spacial score (nSPS) is 14.2. The Morgan fingerprint density at radius 3 is 2.42 bits per heavy atom. The first-order valence-electron chi connectivity index (χ1n) is 11.0. The van der Waals surface area contributed by atoms with E-state index in [1.807, 2.05) is 0 Å². The van der Waals surface area contributed by atoms with Crippen molar-refractivity contribution < 1.29 is 23.5 Å². The van der Waals surface area contributed by atoms with Crippen molar-refractivity contribution in [2.75, 3.05) is 26.8 Å². The molecule has 0 spiro atoms. The molecule has 2 aromatic carbocycles. The molecule has 0 bridgehead atoms. The summed E-state index contributed by atoms with van der Waals surface area (Å²) in [5, 5.41) is 4.56. The van der Waals surface area contributed by atoms with Crippen LogP contribution in [0, 0.1) is 11.7 Å². The van der Waals surface area contributed by atoms with E-state index in [0.717, 1.165) is 0 Å². The summed E-state index contributed by atoms with van der Waals surface area (Å²) in [5.74, 6) is -0.368. The van der Waals surface area contributed by atoms with Gasteiger partial charge in [0.1, 0.15) is 17.3 Å². The van der Waals surface area contributed by atoms with E-state index < -0.39 is 5.82 Å². The van der Waals surface area contributed by atoms with Crippen LogP contribution in [0.3, 0.4) is 0 Å². The third-order valence-electron chi connectivity index (χ3n) is 5.80. The van der Waals surface area contributed by atoms with Crippen molar-refractivity contribution in [2.45, 2.75) is 19.8 Å². The molecule has 0 unspecified atom stereocenters. The molecule has 1 aliphatic rings. The molecule has 1 aliphatic heterocycles. The average Bonchev–Trinajstić information content (AvgIpc) is 3.29. The predicted octanol–water partition coefficient (Wildman–Crippen LogP) is 4.10. The molecular formula is C25H26FN3O4. The van der Waals surface area contributed by atoms with E-state index in [1.54, 1.807) is 67.5 Å². The lowest BCUT2D eigenvalue weighted by atomic mass is 9.97. The molecular weight excluding hydrogens is 425 g/mol. The first-order valence-corrected chi connectivity index (χ1v) is 11.0. The molecule has 4 rings (SSSR count). The van der Waals surface area contributed by atoms with Gasteiger partial charge in [0.05, 0.1) is 31.0 Å². The molecule has 0 aliphatic carbocycles. The van der Waals surface area contributed by atoms with Crippen molar-refractivity contribution in [3.05, 3.63) is 66.1 Å². The highest BCUT2D eigenvalue weighted by Crippen LogP contribution is 2.27. The Kier molecular flexibility index (Phi) is 6.72. The molecule has 0 saturated carbocycles.